The van der Waals surface area contributed by atoms with E-state index < -0.39 is 10.0 Å². The first-order chi connectivity index (χ1) is 13.9. The molecule has 0 saturated carbocycles. The normalized spacial score (nSPS) is 14.2. The molecule has 2 aromatic heterocycles. The van der Waals surface area contributed by atoms with Gasteiger partial charge in [-0.05, 0) is 29.8 Å². The van der Waals surface area contributed by atoms with Crippen molar-refractivity contribution in [2.45, 2.75) is 11.4 Å². The standard InChI is InChI=1S/C19H18N6O3S/c1-24(19-15-4-2-3-5-16(15)29(27,28)23-19)13-18(26)21-17-8-11-25(22-17)12-14-6-9-20-10-7-14/h2-11H,12-13H2,1H3,(H,21,22,26). The van der Waals surface area contributed by atoms with Gasteiger partial charge in [-0.25, -0.2) is 0 Å². The van der Waals surface area contributed by atoms with Crippen LogP contribution < -0.4 is 5.32 Å². The molecule has 0 radical (unpaired) electrons. The number of amides is 1. The smallest absolute Gasteiger partial charge is 0.285 e. The van der Waals surface area contributed by atoms with Crippen molar-refractivity contribution >= 4 is 27.6 Å². The summed E-state index contributed by atoms with van der Waals surface area (Å²) in [6.07, 6.45) is 5.19. The molecule has 0 atom stereocenters. The zero-order valence-electron chi connectivity index (χ0n) is 15.6. The van der Waals surface area contributed by atoms with Gasteiger partial charge in [0.05, 0.1) is 13.1 Å². The van der Waals surface area contributed by atoms with Crippen LogP contribution in [0.4, 0.5) is 5.82 Å². The molecule has 0 saturated heterocycles. The number of nitrogens with one attached hydrogen (secondary N) is 1. The van der Waals surface area contributed by atoms with Crippen molar-refractivity contribution in [2.75, 3.05) is 18.9 Å². The molecule has 1 N–H and O–H groups in total. The van der Waals surface area contributed by atoms with Gasteiger partial charge >= 0.3 is 0 Å². The molecule has 1 aromatic carbocycles. The lowest BCUT2D eigenvalue weighted by molar-refractivity contribution is -0.116. The molecular formula is C19H18N6O3S. The summed E-state index contributed by atoms with van der Waals surface area (Å²) in [6.45, 7) is 0.490. The van der Waals surface area contributed by atoms with E-state index in [4.69, 9.17) is 0 Å². The Labute approximate surface area is 167 Å². The molecule has 3 heterocycles. The van der Waals surface area contributed by atoms with E-state index in [1.807, 2.05) is 12.1 Å². The maximum absolute atomic E-state index is 12.4. The van der Waals surface area contributed by atoms with Gasteiger partial charge in [-0.15, -0.1) is 4.40 Å². The lowest BCUT2D eigenvalue weighted by Gasteiger charge is -2.18. The largest absolute Gasteiger partial charge is 0.349 e. The maximum Gasteiger partial charge on any atom is 0.285 e. The summed E-state index contributed by atoms with van der Waals surface area (Å²) < 4.78 is 29.8. The maximum atomic E-state index is 12.4. The molecule has 1 aliphatic rings. The summed E-state index contributed by atoms with van der Waals surface area (Å²) in [5.41, 5.74) is 1.53. The van der Waals surface area contributed by atoms with Gasteiger partial charge in [-0.3, -0.25) is 14.5 Å². The van der Waals surface area contributed by atoms with Crippen LogP contribution in [0.25, 0.3) is 0 Å². The van der Waals surface area contributed by atoms with E-state index in [1.54, 1.807) is 54.6 Å². The Balaban J connectivity index is 1.41. The van der Waals surface area contributed by atoms with Gasteiger partial charge in [-0.2, -0.15) is 13.5 Å². The molecule has 0 bridgehead atoms. The molecule has 10 heteroatoms. The summed E-state index contributed by atoms with van der Waals surface area (Å²) in [5, 5.41) is 7.05. The number of carbonyl (C=O) groups is 1. The number of benzene rings is 1. The third-order valence-corrected chi connectivity index (χ3v) is 5.68. The van der Waals surface area contributed by atoms with Gasteiger partial charge in [0.15, 0.2) is 11.7 Å². The number of aromatic nitrogens is 3. The quantitative estimate of drug-likeness (QED) is 0.680. The van der Waals surface area contributed by atoms with Gasteiger partial charge in [0.1, 0.15) is 4.90 Å². The minimum absolute atomic E-state index is 0.0695. The highest BCUT2D eigenvalue weighted by atomic mass is 32.2. The Kier molecular flexibility index (Phi) is 4.85. The number of hydrogen-bond donors (Lipinski definition) is 1. The molecule has 0 fully saturated rings. The molecule has 3 aromatic rings. The molecule has 148 valence electrons. The number of carbonyl (C=O) groups excluding carboxylic acids is 1. The molecule has 0 spiro atoms. The highest BCUT2D eigenvalue weighted by molar-refractivity contribution is 7.90. The first-order valence-electron chi connectivity index (χ1n) is 8.80. The average Bonchev–Trinajstić information content (AvgIpc) is 3.24. The third-order valence-electron chi connectivity index (χ3n) is 4.36. The zero-order valence-corrected chi connectivity index (χ0v) is 16.4. The van der Waals surface area contributed by atoms with Crippen molar-refractivity contribution in [3.8, 4) is 0 Å². The van der Waals surface area contributed by atoms with E-state index in [1.165, 1.54) is 11.0 Å². The molecule has 9 nitrogen and oxygen atoms in total. The topological polar surface area (TPSA) is 110 Å². The van der Waals surface area contributed by atoms with Crippen LogP contribution in [-0.2, 0) is 21.4 Å². The lowest BCUT2D eigenvalue weighted by Crippen LogP contribution is -2.35. The monoisotopic (exact) mass is 410 g/mol. The van der Waals surface area contributed by atoms with E-state index >= 15 is 0 Å². The molecule has 0 aliphatic carbocycles. The van der Waals surface area contributed by atoms with Crippen LogP contribution in [0.15, 0.2) is 70.3 Å². The number of hydrogen-bond acceptors (Lipinski definition) is 6. The molecule has 1 amide bonds. The van der Waals surface area contributed by atoms with Crippen LogP contribution in [0.1, 0.15) is 11.1 Å². The van der Waals surface area contributed by atoms with Crippen LogP contribution in [0.2, 0.25) is 0 Å². The van der Waals surface area contributed by atoms with Crippen molar-refractivity contribution in [3.05, 3.63) is 72.2 Å². The van der Waals surface area contributed by atoms with Crippen molar-refractivity contribution in [2.24, 2.45) is 4.40 Å². The third kappa shape index (κ3) is 4.02. The Morgan fingerprint density at radius 3 is 2.69 bits per heavy atom. The van der Waals surface area contributed by atoms with Gasteiger partial charge in [0.25, 0.3) is 10.0 Å². The summed E-state index contributed by atoms with van der Waals surface area (Å²) in [4.78, 5) is 18.0. The second kappa shape index (κ2) is 7.47. The Bertz CT molecular complexity index is 1190. The molecule has 0 unspecified atom stereocenters. The summed E-state index contributed by atoms with van der Waals surface area (Å²) in [6, 6.07) is 12.0. The average molecular weight is 410 g/mol. The van der Waals surface area contributed by atoms with Crippen LogP contribution >= 0.6 is 0 Å². The van der Waals surface area contributed by atoms with Crippen molar-refractivity contribution in [1.82, 2.24) is 19.7 Å². The molecular weight excluding hydrogens is 392 g/mol. The lowest BCUT2D eigenvalue weighted by atomic mass is 10.2. The Hall–Kier alpha value is -3.53. The predicted molar refractivity (Wildman–Crippen MR) is 107 cm³/mol. The SMILES string of the molecule is CN(CC(=O)Nc1ccn(Cc2ccncc2)n1)C1=NS(=O)(=O)c2ccccc21. The van der Waals surface area contributed by atoms with Crippen molar-refractivity contribution < 1.29 is 13.2 Å². The van der Waals surface area contributed by atoms with Crippen LogP contribution in [0, 0.1) is 0 Å². The number of nitrogens with zero attached hydrogens (tertiary/aromatic N) is 5. The predicted octanol–water partition coefficient (Wildman–Crippen LogP) is 1.35. The second-order valence-corrected chi connectivity index (χ2v) is 8.12. The molecule has 1 aliphatic heterocycles. The number of rotatable bonds is 5. The van der Waals surface area contributed by atoms with Crippen LogP contribution in [0.3, 0.4) is 0 Å². The van der Waals surface area contributed by atoms with Crippen molar-refractivity contribution in [1.29, 1.82) is 0 Å². The van der Waals surface area contributed by atoms with E-state index in [0.29, 0.717) is 17.9 Å². The van der Waals surface area contributed by atoms with Gasteiger partial charge in [-0.1, -0.05) is 12.1 Å². The summed E-state index contributed by atoms with van der Waals surface area (Å²) in [7, 11) is -2.10. The fourth-order valence-corrected chi connectivity index (χ4v) is 4.28. The number of likely N-dealkylation sites (N-methyl/N-ethyl adjacent to an activating group) is 1. The van der Waals surface area contributed by atoms with E-state index in [2.05, 4.69) is 19.8 Å². The summed E-state index contributed by atoms with van der Waals surface area (Å²) in [5.74, 6) is 0.337. The van der Waals surface area contributed by atoms with E-state index in [-0.39, 0.29) is 23.2 Å². The van der Waals surface area contributed by atoms with Crippen LogP contribution in [0.5, 0.6) is 0 Å². The minimum atomic E-state index is -3.73. The number of fused-ring (bicyclic) bond motifs is 1. The number of amidine groups is 1. The number of anilines is 1. The van der Waals surface area contributed by atoms with Crippen LogP contribution in [-0.4, -0.2) is 53.4 Å². The van der Waals surface area contributed by atoms with E-state index in [0.717, 1.165) is 5.56 Å². The Morgan fingerprint density at radius 2 is 1.90 bits per heavy atom. The van der Waals surface area contributed by atoms with Gasteiger partial charge in [0.2, 0.25) is 5.91 Å². The highest BCUT2D eigenvalue weighted by Crippen LogP contribution is 2.26. The fourth-order valence-electron chi connectivity index (χ4n) is 3.03. The molecule has 4 rings (SSSR count). The number of pyridine rings is 1. The first-order valence-corrected chi connectivity index (χ1v) is 10.2. The first kappa shape index (κ1) is 18.8. The van der Waals surface area contributed by atoms with Gasteiger partial charge in [0, 0.05) is 37.3 Å². The van der Waals surface area contributed by atoms with Crippen molar-refractivity contribution in [3.63, 3.8) is 0 Å². The van der Waals surface area contributed by atoms with Gasteiger partial charge < -0.3 is 10.2 Å². The number of sulfonamides is 1. The van der Waals surface area contributed by atoms with E-state index in [9.17, 15) is 13.2 Å². The minimum Gasteiger partial charge on any atom is -0.349 e. The highest BCUT2D eigenvalue weighted by Gasteiger charge is 2.30. The Morgan fingerprint density at radius 1 is 1.14 bits per heavy atom. The second-order valence-electron chi connectivity index (χ2n) is 6.54. The molecule has 29 heavy (non-hydrogen) atoms. The zero-order chi connectivity index (χ0) is 20.4. The summed E-state index contributed by atoms with van der Waals surface area (Å²) >= 11 is 0. The fraction of sp³-hybridized carbons (Fsp3) is 0.158.